The number of rotatable bonds is 10. The van der Waals surface area contributed by atoms with Crippen LogP contribution in [0.4, 0.5) is 5.69 Å². The molecule has 0 aliphatic heterocycles. The van der Waals surface area contributed by atoms with Gasteiger partial charge in [-0.3, -0.25) is 9.59 Å². The third-order valence-electron chi connectivity index (χ3n) is 5.96. The van der Waals surface area contributed by atoms with Crippen LogP contribution in [0.15, 0.2) is 107 Å². The number of para-hydroxylation sites is 2. The number of esters is 1. The number of oxazole rings is 1. The van der Waals surface area contributed by atoms with Crippen molar-refractivity contribution in [3.05, 3.63) is 108 Å². The molecule has 1 heterocycles. The van der Waals surface area contributed by atoms with Crippen LogP contribution in [0, 0.1) is 0 Å². The lowest BCUT2D eigenvalue weighted by Gasteiger charge is -2.12. The molecule has 200 valence electrons. The van der Waals surface area contributed by atoms with Crippen LogP contribution in [0.3, 0.4) is 0 Å². The summed E-state index contributed by atoms with van der Waals surface area (Å²) in [6.07, 6.45) is 0. The number of anilines is 1. The smallest absolute Gasteiger partial charge is 0.338 e. The first kappa shape index (κ1) is 26.7. The third-order valence-corrected chi connectivity index (χ3v) is 6.79. The van der Waals surface area contributed by atoms with Crippen molar-refractivity contribution >= 4 is 46.2 Å². The van der Waals surface area contributed by atoms with E-state index in [0.717, 1.165) is 22.9 Å². The Balaban J connectivity index is 1.18. The Labute approximate surface area is 234 Å². The zero-order chi connectivity index (χ0) is 27.9. The Hall–Kier alpha value is -4.89. The topological polar surface area (TPSA) is 108 Å². The van der Waals surface area contributed by atoms with Gasteiger partial charge in [0.25, 0.3) is 5.22 Å². The Morgan fingerprint density at radius 1 is 0.850 bits per heavy atom. The molecule has 0 unspecified atom stereocenters. The van der Waals surface area contributed by atoms with E-state index in [2.05, 4.69) is 10.3 Å². The van der Waals surface area contributed by atoms with E-state index >= 15 is 0 Å². The summed E-state index contributed by atoms with van der Waals surface area (Å²) in [6, 6.07) is 28.8. The minimum Gasteiger partial charge on any atom is -0.495 e. The molecule has 9 heteroatoms. The summed E-state index contributed by atoms with van der Waals surface area (Å²) < 4.78 is 16.2. The molecule has 0 radical (unpaired) electrons. The largest absolute Gasteiger partial charge is 0.495 e. The molecule has 1 N–H and O–H groups in total. The molecule has 0 aliphatic carbocycles. The van der Waals surface area contributed by atoms with Crippen LogP contribution < -0.4 is 10.1 Å². The molecule has 1 aromatic heterocycles. The van der Waals surface area contributed by atoms with Crippen LogP contribution in [-0.4, -0.2) is 42.1 Å². The highest BCUT2D eigenvalue weighted by Crippen LogP contribution is 2.28. The number of methoxy groups -OCH3 is 1. The molecule has 40 heavy (non-hydrogen) atoms. The SMILES string of the molecule is COc1ccc(C(=O)OCC(=O)c2ccc(-c3ccccc3)cc2)cc1NC(=O)CSc1nc2ccccc2o1. The average molecular weight is 553 g/mol. The standard InChI is InChI=1S/C31H24N2O6S/c1-37-27-16-15-23(17-25(27)32-29(35)19-40-31-33-24-9-5-6-10-28(24)39-31)30(36)38-18-26(34)22-13-11-21(12-14-22)20-7-3-2-4-8-20/h2-17H,18-19H2,1H3,(H,32,35). The van der Waals surface area contributed by atoms with Gasteiger partial charge in [0.1, 0.15) is 11.3 Å². The van der Waals surface area contributed by atoms with Crippen molar-refractivity contribution in [3.8, 4) is 16.9 Å². The molecular formula is C31H24N2O6S. The monoisotopic (exact) mass is 552 g/mol. The summed E-state index contributed by atoms with van der Waals surface area (Å²) in [5.41, 5.74) is 4.26. The van der Waals surface area contributed by atoms with Gasteiger partial charge in [-0.15, -0.1) is 0 Å². The van der Waals surface area contributed by atoms with Crippen molar-refractivity contribution in [1.82, 2.24) is 4.98 Å². The highest BCUT2D eigenvalue weighted by molar-refractivity contribution is 7.99. The number of Topliss-reactive ketones (excluding diaryl/α,β-unsaturated/α-hetero) is 1. The van der Waals surface area contributed by atoms with Gasteiger partial charge in [-0.05, 0) is 41.5 Å². The van der Waals surface area contributed by atoms with Crippen molar-refractivity contribution in [3.63, 3.8) is 0 Å². The summed E-state index contributed by atoms with van der Waals surface area (Å²) in [7, 11) is 1.46. The molecule has 0 atom stereocenters. The fraction of sp³-hybridized carbons (Fsp3) is 0.0968. The quantitative estimate of drug-likeness (QED) is 0.123. The van der Waals surface area contributed by atoms with E-state index in [1.165, 1.54) is 19.2 Å². The van der Waals surface area contributed by atoms with Crippen LogP contribution in [-0.2, 0) is 9.53 Å². The average Bonchev–Trinajstić information content (AvgIpc) is 3.42. The van der Waals surface area contributed by atoms with Crippen molar-refractivity contribution in [2.24, 2.45) is 0 Å². The zero-order valence-corrected chi connectivity index (χ0v) is 22.3. The van der Waals surface area contributed by atoms with Gasteiger partial charge in [0.15, 0.2) is 18.0 Å². The van der Waals surface area contributed by atoms with Crippen LogP contribution in [0.25, 0.3) is 22.2 Å². The summed E-state index contributed by atoms with van der Waals surface area (Å²) in [5, 5.41) is 3.12. The number of ketones is 1. The Morgan fingerprint density at radius 2 is 1.55 bits per heavy atom. The maximum absolute atomic E-state index is 12.7. The summed E-state index contributed by atoms with van der Waals surface area (Å²) in [5.74, 6) is -0.974. The number of ether oxygens (including phenoxy) is 2. The van der Waals surface area contributed by atoms with E-state index in [1.54, 1.807) is 24.3 Å². The summed E-state index contributed by atoms with van der Waals surface area (Å²) in [6.45, 7) is -0.418. The number of thioether (sulfide) groups is 1. The van der Waals surface area contributed by atoms with Crippen molar-refractivity contribution in [2.75, 3.05) is 24.8 Å². The molecule has 5 rings (SSSR count). The molecule has 0 bridgehead atoms. The Kier molecular flexibility index (Phi) is 8.22. The summed E-state index contributed by atoms with van der Waals surface area (Å²) >= 11 is 1.15. The lowest BCUT2D eigenvalue weighted by Crippen LogP contribution is -2.17. The van der Waals surface area contributed by atoms with E-state index in [-0.39, 0.29) is 23.0 Å². The predicted molar refractivity (Wildman–Crippen MR) is 153 cm³/mol. The minimum absolute atomic E-state index is 0.0300. The lowest BCUT2D eigenvalue weighted by molar-refractivity contribution is -0.113. The van der Waals surface area contributed by atoms with Gasteiger partial charge in [-0.25, -0.2) is 9.78 Å². The van der Waals surface area contributed by atoms with Gasteiger partial charge in [-0.1, -0.05) is 78.5 Å². The van der Waals surface area contributed by atoms with Crippen molar-refractivity contribution in [2.45, 2.75) is 5.22 Å². The molecule has 0 fully saturated rings. The number of hydrogen-bond acceptors (Lipinski definition) is 8. The third kappa shape index (κ3) is 6.39. The van der Waals surface area contributed by atoms with Gasteiger partial charge >= 0.3 is 5.97 Å². The van der Waals surface area contributed by atoms with E-state index in [4.69, 9.17) is 13.9 Å². The van der Waals surface area contributed by atoms with E-state index < -0.39 is 12.6 Å². The van der Waals surface area contributed by atoms with Crippen LogP contribution >= 0.6 is 11.8 Å². The van der Waals surface area contributed by atoms with Crippen molar-refractivity contribution in [1.29, 1.82) is 0 Å². The molecule has 8 nitrogen and oxygen atoms in total. The second-order valence-corrected chi connectivity index (χ2v) is 9.57. The number of carbonyl (C=O) groups is 3. The first-order valence-electron chi connectivity index (χ1n) is 12.3. The number of nitrogens with zero attached hydrogens (tertiary/aromatic N) is 1. The number of aromatic nitrogens is 1. The number of nitrogens with one attached hydrogen (secondary N) is 1. The van der Waals surface area contributed by atoms with Crippen LogP contribution in [0.5, 0.6) is 5.75 Å². The molecule has 0 saturated carbocycles. The van der Waals surface area contributed by atoms with Crippen LogP contribution in [0.1, 0.15) is 20.7 Å². The number of fused-ring (bicyclic) bond motifs is 1. The maximum atomic E-state index is 12.7. The molecule has 5 aromatic rings. The first-order chi connectivity index (χ1) is 19.5. The van der Waals surface area contributed by atoms with E-state index in [9.17, 15) is 14.4 Å². The van der Waals surface area contributed by atoms with Gasteiger partial charge in [-0.2, -0.15) is 0 Å². The van der Waals surface area contributed by atoms with Crippen LogP contribution in [0.2, 0.25) is 0 Å². The molecule has 4 aromatic carbocycles. The van der Waals surface area contributed by atoms with Gasteiger partial charge < -0.3 is 19.2 Å². The van der Waals surface area contributed by atoms with Gasteiger partial charge in [0, 0.05) is 5.56 Å². The fourth-order valence-electron chi connectivity index (χ4n) is 3.94. The number of carbonyl (C=O) groups excluding carboxylic acids is 3. The van der Waals surface area contributed by atoms with E-state index in [0.29, 0.717) is 33.3 Å². The lowest BCUT2D eigenvalue weighted by atomic mass is 10.0. The van der Waals surface area contributed by atoms with E-state index in [1.807, 2.05) is 60.7 Å². The fourth-order valence-corrected chi connectivity index (χ4v) is 4.57. The first-order valence-corrected chi connectivity index (χ1v) is 13.3. The number of amides is 1. The minimum atomic E-state index is -0.701. The number of hydrogen-bond donors (Lipinski definition) is 1. The second-order valence-electron chi connectivity index (χ2n) is 8.64. The Bertz CT molecular complexity index is 1630. The molecule has 1 amide bonds. The molecule has 0 spiro atoms. The number of benzene rings is 4. The Morgan fingerprint density at radius 3 is 2.30 bits per heavy atom. The highest BCUT2D eigenvalue weighted by Gasteiger charge is 2.17. The maximum Gasteiger partial charge on any atom is 0.338 e. The molecule has 0 saturated heterocycles. The van der Waals surface area contributed by atoms with Gasteiger partial charge in [0.05, 0.1) is 24.1 Å². The molecule has 0 aliphatic rings. The normalized spacial score (nSPS) is 10.7. The summed E-state index contributed by atoms with van der Waals surface area (Å²) in [4.78, 5) is 42.3. The van der Waals surface area contributed by atoms with Crippen molar-refractivity contribution < 1.29 is 28.3 Å². The predicted octanol–water partition coefficient (Wildman–Crippen LogP) is 6.27. The highest BCUT2D eigenvalue weighted by atomic mass is 32.2. The van der Waals surface area contributed by atoms with Gasteiger partial charge in [0.2, 0.25) is 5.91 Å². The zero-order valence-electron chi connectivity index (χ0n) is 21.5. The molecular weight excluding hydrogens is 528 g/mol. The second kappa shape index (κ2) is 12.3.